The average molecular weight is 254 g/mol. The summed E-state index contributed by atoms with van der Waals surface area (Å²) in [7, 11) is 2.22. The van der Waals surface area contributed by atoms with Gasteiger partial charge in [-0.1, -0.05) is 12.1 Å². The zero-order valence-electron chi connectivity index (χ0n) is 11.6. The molecule has 5 nitrogen and oxygen atoms in total. The Labute approximate surface area is 110 Å². The van der Waals surface area contributed by atoms with Gasteiger partial charge in [0.2, 0.25) is 0 Å². The SMILES string of the molecule is CCC1CN(CC2(CC(N)=NO)CC2)CCN1C. The lowest BCUT2D eigenvalue weighted by Crippen LogP contribution is -2.52. The highest BCUT2D eigenvalue weighted by Gasteiger charge is 2.45. The molecule has 1 unspecified atom stereocenters. The maximum atomic E-state index is 8.69. The number of hydrogen-bond donors (Lipinski definition) is 2. The maximum absolute atomic E-state index is 8.69. The van der Waals surface area contributed by atoms with Crippen LogP contribution in [0.3, 0.4) is 0 Å². The first kappa shape index (κ1) is 13.6. The Morgan fingerprint density at radius 3 is 2.72 bits per heavy atom. The smallest absolute Gasteiger partial charge is 0.139 e. The third-order valence-corrected chi connectivity index (χ3v) is 4.53. The molecule has 0 radical (unpaired) electrons. The first-order valence-electron chi connectivity index (χ1n) is 6.97. The molecule has 0 aromatic heterocycles. The third-order valence-electron chi connectivity index (χ3n) is 4.53. The van der Waals surface area contributed by atoms with E-state index in [2.05, 4.69) is 28.9 Å². The molecule has 0 bridgehead atoms. The molecule has 1 saturated heterocycles. The van der Waals surface area contributed by atoms with Gasteiger partial charge < -0.3 is 15.8 Å². The van der Waals surface area contributed by atoms with Gasteiger partial charge in [-0.05, 0) is 31.7 Å². The zero-order chi connectivity index (χ0) is 13.2. The van der Waals surface area contributed by atoms with Crippen molar-refractivity contribution in [2.45, 2.75) is 38.6 Å². The van der Waals surface area contributed by atoms with E-state index in [1.54, 1.807) is 0 Å². The first-order chi connectivity index (χ1) is 8.58. The number of nitrogens with zero attached hydrogens (tertiary/aromatic N) is 3. The second-order valence-corrected chi connectivity index (χ2v) is 6.05. The van der Waals surface area contributed by atoms with E-state index in [9.17, 15) is 0 Å². The molecule has 1 atom stereocenters. The van der Waals surface area contributed by atoms with Crippen molar-refractivity contribution in [2.24, 2.45) is 16.3 Å². The second-order valence-electron chi connectivity index (χ2n) is 6.05. The number of likely N-dealkylation sites (N-methyl/N-ethyl adjacent to an activating group) is 1. The van der Waals surface area contributed by atoms with E-state index in [1.807, 2.05) is 0 Å². The molecule has 18 heavy (non-hydrogen) atoms. The molecule has 104 valence electrons. The van der Waals surface area contributed by atoms with E-state index in [-0.39, 0.29) is 0 Å². The Hall–Kier alpha value is -0.810. The Bertz CT molecular complexity index is 314. The Balaban J connectivity index is 1.86. The van der Waals surface area contributed by atoms with Gasteiger partial charge in [-0.25, -0.2) is 0 Å². The van der Waals surface area contributed by atoms with Gasteiger partial charge in [0.15, 0.2) is 0 Å². The molecule has 5 heteroatoms. The van der Waals surface area contributed by atoms with Crippen molar-refractivity contribution in [3.05, 3.63) is 0 Å². The minimum Gasteiger partial charge on any atom is -0.409 e. The highest BCUT2D eigenvalue weighted by atomic mass is 16.4. The summed E-state index contributed by atoms with van der Waals surface area (Å²) in [6, 6.07) is 0.679. The molecule has 2 rings (SSSR count). The van der Waals surface area contributed by atoms with Crippen LogP contribution in [0, 0.1) is 5.41 Å². The number of piperazine rings is 1. The predicted molar refractivity (Wildman–Crippen MR) is 72.8 cm³/mol. The summed E-state index contributed by atoms with van der Waals surface area (Å²) in [5, 5.41) is 11.8. The second kappa shape index (κ2) is 5.45. The lowest BCUT2D eigenvalue weighted by Gasteiger charge is -2.40. The van der Waals surface area contributed by atoms with Crippen LogP contribution in [0.4, 0.5) is 0 Å². The van der Waals surface area contributed by atoms with Gasteiger partial charge in [-0.15, -0.1) is 0 Å². The van der Waals surface area contributed by atoms with E-state index >= 15 is 0 Å². The molecular formula is C13H26N4O. The van der Waals surface area contributed by atoms with Crippen LogP contribution in [0.15, 0.2) is 5.16 Å². The Morgan fingerprint density at radius 1 is 1.44 bits per heavy atom. The van der Waals surface area contributed by atoms with Crippen LogP contribution in [-0.2, 0) is 0 Å². The summed E-state index contributed by atoms with van der Waals surface area (Å²) in [5.74, 6) is 0.383. The largest absolute Gasteiger partial charge is 0.409 e. The molecule has 0 amide bonds. The van der Waals surface area contributed by atoms with Crippen molar-refractivity contribution >= 4 is 5.84 Å². The topological polar surface area (TPSA) is 65.1 Å². The summed E-state index contributed by atoms with van der Waals surface area (Å²) < 4.78 is 0. The van der Waals surface area contributed by atoms with Gasteiger partial charge >= 0.3 is 0 Å². The van der Waals surface area contributed by atoms with Gasteiger partial charge in [0, 0.05) is 38.6 Å². The third kappa shape index (κ3) is 3.14. The Kier molecular flexibility index (Phi) is 4.12. The van der Waals surface area contributed by atoms with Crippen LogP contribution >= 0.6 is 0 Å². The van der Waals surface area contributed by atoms with Crippen LogP contribution in [0.5, 0.6) is 0 Å². The molecule has 2 aliphatic rings. The molecule has 0 spiro atoms. The quantitative estimate of drug-likeness (QED) is 0.331. The van der Waals surface area contributed by atoms with Gasteiger partial charge in [0.1, 0.15) is 5.84 Å². The maximum Gasteiger partial charge on any atom is 0.139 e. The normalized spacial score (nSPS) is 29.4. The molecule has 1 aliphatic heterocycles. The fraction of sp³-hybridized carbons (Fsp3) is 0.923. The van der Waals surface area contributed by atoms with Crippen LogP contribution in [0.2, 0.25) is 0 Å². The summed E-state index contributed by atoms with van der Waals surface area (Å²) in [6.07, 6.45) is 4.38. The average Bonchev–Trinajstić information content (AvgIpc) is 3.11. The molecule has 1 aliphatic carbocycles. The predicted octanol–water partition coefficient (Wildman–Crippen LogP) is 0.929. The summed E-state index contributed by atoms with van der Waals surface area (Å²) in [5.41, 5.74) is 5.95. The molecule has 0 aromatic rings. The number of nitrogens with two attached hydrogens (primary N) is 1. The fourth-order valence-electron chi connectivity index (χ4n) is 3.06. The lowest BCUT2D eigenvalue weighted by molar-refractivity contribution is 0.0787. The lowest BCUT2D eigenvalue weighted by atomic mass is 9.99. The fourth-order valence-corrected chi connectivity index (χ4v) is 3.06. The molecule has 0 aromatic carbocycles. The van der Waals surface area contributed by atoms with Crippen molar-refractivity contribution in [3.8, 4) is 0 Å². The number of oxime groups is 1. The van der Waals surface area contributed by atoms with Crippen LogP contribution in [0.25, 0.3) is 0 Å². The highest BCUT2D eigenvalue weighted by Crippen LogP contribution is 2.49. The Morgan fingerprint density at radius 2 is 2.17 bits per heavy atom. The number of hydrogen-bond acceptors (Lipinski definition) is 4. The van der Waals surface area contributed by atoms with Crippen LogP contribution in [0.1, 0.15) is 32.6 Å². The van der Waals surface area contributed by atoms with Crippen molar-refractivity contribution in [3.63, 3.8) is 0 Å². The number of amidine groups is 1. The van der Waals surface area contributed by atoms with E-state index in [0.29, 0.717) is 17.3 Å². The highest BCUT2D eigenvalue weighted by molar-refractivity contribution is 5.80. The van der Waals surface area contributed by atoms with Crippen molar-refractivity contribution in [1.29, 1.82) is 0 Å². The van der Waals surface area contributed by atoms with Crippen molar-refractivity contribution < 1.29 is 5.21 Å². The molecular weight excluding hydrogens is 228 g/mol. The van der Waals surface area contributed by atoms with Crippen molar-refractivity contribution in [2.75, 3.05) is 33.2 Å². The minimum atomic E-state index is 0.296. The zero-order valence-corrected chi connectivity index (χ0v) is 11.6. The van der Waals surface area contributed by atoms with E-state index in [4.69, 9.17) is 10.9 Å². The molecule has 3 N–H and O–H groups in total. The van der Waals surface area contributed by atoms with Crippen LogP contribution in [-0.4, -0.2) is 60.1 Å². The van der Waals surface area contributed by atoms with E-state index in [1.165, 1.54) is 19.3 Å². The van der Waals surface area contributed by atoms with Gasteiger partial charge in [-0.2, -0.15) is 0 Å². The number of rotatable bonds is 5. The standard InChI is InChI=1S/C13H26N4O/c1-3-11-9-17(7-6-16(11)2)10-13(4-5-13)8-12(14)15-18/h11,18H,3-10H2,1-2H3,(H2,14,15). The first-order valence-corrected chi connectivity index (χ1v) is 6.97. The minimum absolute atomic E-state index is 0.296. The van der Waals surface area contributed by atoms with Gasteiger partial charge in [-0.3, -0.25) is 4.90 Å². The van der Waals surface area contributed by atoms with E-state index in [0.717, 1.165) is 32.6 Å². The van der Waals surface area contributed by atoms with E-state index < -0.39 is 0 Å². The summed E-state index contributed by atoms with van der Waals surface area (Å²) in [6.45, 7) is 6.82. The van der Waals surface area contributed by atoms with Gasteiger partial charge in [0.25, 0.3) is 0 Å². The van der Waals surface area contributed by atoms with Crippen molar-refractivity contribution in [1.82, 2.24) is 9.80 Å². The molecule has 2 fully saturated rings. The molecule has 1 saturated carbocycles. The summed E-state index contributed by atoms with van der Waals surface area (Å²) >= 11 is 0. The monoisotopic (exact) mass is 254 g/mol. The van der Waals surface area contributed by atoms with Crippen LogP contribution < -0.4 is 5.73 Å². The van der Waals surface area contributed by atoms with Gasteiger partial charge in [0.05, 0.1) is 0 Å². The molecule has 1 heterocycles. The summed E-state index contributed by atoms with van der Waals surface area (Å²) in [4.78, 5) is 5.02.